The summed E-state index contributed by atoms with van der Waals surface area (Å²) < 4.78 is 7.38. The highest BCUT2D eigenvalue weighted by Crippen LogP contribution is 1.99. The second-order valence-electron chi connectivity index (χ2n) is 3.76. The first-order valence-electron chi connectivity index (χ1n) is 4.99. The Hall–Kier alpha value is -1.03. The van der Waals surface area contributed by atoms with Crippen LogP contribution in [-0.2, 0) is 11.8 Å². The van der Waals surface area contributed by atoms with Crippen LogP contribution >= 0.6 is 0 Å². The Morgan fingerprint density at radius 3 is 2.93 bits per heavy atom. The van der Waals surface area contributed by atoms with Gasteiger partial charge >= 0.3 is 0 Å². The number of ether oxygens (including phenoxy) is 1. The molecule has 4 heteroatoms. The summed E-state index contributed by atoms with van der Waals surface area (Å²) in [5.74, 6) is 1.49. The number of aryl methyl sites for hydroxylation is 1. The van der Waals surface area contributed by atoms with Crippen molar-refractivity contribution in [3.8, 4) is 0 Å². The molecule has 4 nitrogen and oxygen atoms in total. The normalized spacial score (nSPS) is 10.9. The van der Waals surface area contributed by atoms with Crippen molar-refractivity contribution in [3.05, 3.63) is 12.4 Å². The number of imidazole rings is 1. The van der Waals surface area contributed by atoms with Crippen LogP contribution < -0.4 is 5.32 Å². The summed E-state index contributed by atoms with van der Waals surface area (Å²) >= 11 is 0. The molecule has 0 aromatic carbocycles. The monoisotopic (exact) mass is 197 g/mol. The number of rotatable bonds is 6. The molecule has 0 saturated carbocycles. The first kappa shape index (κ1) is 11.0. The van der Waals surface area contributed by atoms with Gasteiger partial charge in [0.2, 0.25) is 5.95 Å². The molecule has 1 heterocycles. The molecule has 0 aliphatic carbocycles. The van der Waals surface area contributed by atoms with Gasteiger partial charge in [-0.05, 0) is 5.92 Å². The molecular weight excluding hydrogens is 178 g/mol. The summed E-state index contributed by atoms with van der Waals surface area (Å²) in [6.45, 7) is 6.64. The van der Waals surface area contributed by atoms with Crippen molar-refractivity contribution < 1.29 is 4.74 Å². The number of nitrogens with zero attached hydrogens (tertiary/aromatic N) is 2. The summed E-state index contributed by atoms with van der Waals surface area (Å²) in [5.41, 5.74) is 0. The SMILES string of the molecule is CC(C)COCCNc1nccn1C. The van der Waals surface area contributed by atoms with E-state index in [1.54, 1.807) is 6.20 Å². The van der Waals surface area contributed by atoms with Gasteiger partial charge in [-0.2, -0.15) is 0 Å². The second-order valence-corrected chi connectivity index (χ2v) is 3.76. The first-order valence-corrected chi connectivity index (χ1v) is 4.99. The van der Waals surface area contributed by atoms with Crippen molar-refractivity contribution in [2.75, 3.05) is 25.1 Å². The van der Waals surface area contributed by atoms with Crippen LogP contribution in [-0.4, -0.2) is 29.3 Å². The van der Waals surface area contributed by atoms with Gasteiger partial charge < -0.3 is 14.6 Å². The lowest BCUT2D eigenvalue weighted by atomic mass is 10.2. The third-order valence-corrected chi connectivity index (χ3v) is 1.80. The van der Waals surface area contributed by atoms with Crippen molar-refractivity contribution in [1.29, 1.82) is 0 Å². The van der Waals surface area contributed by atoms with Crippen LogP contribution in [0.2, 0.25) is 0 Å². The smallest absolute Gasteiger partial charge is 0.202 e. The molecule has 0 atom stereocenters. The average Bonchev–Trinajstić information content (AvgIpc) is 2.51. The van der Waals surface area contributed by atoms with E-state index in [0.717, 1.165) is 25.7 Å². The summed E-state index contributed by atoms with van der Waals surface area (Å²) in [6, 6.07) is 0. The summed E-state index contributed by atoms with van der Waals surface area (Å²) in [7, 11) is 1.96. The summed E-state index contributed by atoms with van der Waals surface area (Å²) in [5, 5.41) is 3.19. The van der Waals surface area contributed by atoms with E-state index < -0.39 is 0 Å². The Kier molecular flexibility index (Phi) is 4.46. The van der Waals surface area contributed by atoms with Crippen LogP contribution in [0.4, 0.5) is 5.95 Å². The molecule has 1 aromatic rings. The molecule has 0 radical (unpaired) electrons. The van der Waals surface area contributed by atoms with E-state index >= 15 is 0 Å². The quantitative estimate of drug-likeness (QED) is 0.702. The molecule has 0 fully saturated rings. The van der Waals surface area contributed by atoms with E-state index in [-0.39, 0.29) is 0 Å². The Morgan fingerprint density at radius 1 is 1.57 bits per heavy atom. The highest BCUT2D eigenvalue weighted by molar-refractivity contribution is 5.24. The number of hydrogen-bond donors (Lipinski definition) is 1. The highest BCUT2D eigenvalue weighted by atomic mass is 16.5. The van der Waals surface area contributed by atoms with Gasteiger partial charge in [0.1, 0.15) is 0 Å². The van der Waals surface area contributed by atoms with Gasteiger partial charge in [-0.15, -0.1) is 0 Å². The number of nitrogens with one attached hydrogen (secondary N) is 1. The molecule has 0 spiro atoms. The third kappa shape index (κ3) is 3.79. The Bertz CT molecular complexity index is 258. The van der Waals surface area contributed by atoms with Crippen molar-refractivity contribution in [2.24, 2.45) is 13.0 Å². The highest BCUT2D eigenvalue weighted by Gasteiger charge is 1.97. The fraction of sp³-hybridized carbons (Fsp3) is 0.700. The topological polar surface area (TPSA) is 39.1 Å². The fourth-order valence-corrected chi connectivity index (χ4v) is 1.09. The van der Waals surface area contributed by atoms with E-state index in [1.165, 1.54) is 0 Å². The summed E-state index contributed by atoms with van der Waals surface area (Å²) in [4.78, 5) is 4.14. The molecular formula is C10H19N3O. The number of hydrogen-bond acceptors (Lipinski definition) is 3. The Morgan fingerprint density at radius 2 is 2.36 bits per heavy atom. The molecule has 0 aliphatic rings. The molecule has 0 saturated heterocycles. The van der Waals surface area contributed by atoms with E-state index in [0.29, 0.717) is 5.92 Å². The lowest BCUT2D eigenvalue weighted by molar-refractivity contribution is 0.118. The minimum absolute atomic E-state index is 0.600. The largest absolute Gasteiger partial charge is 0.379 e. The van der Waals surface area contributed by atoms with Gasteiger partial charge in [-0.25, -0.2) is 4.98 Å². The minimum atomic E-state index is 0.600. The zero-order valence-corrected chi connectivity index (χ0v) is 9.16. The average molecular weight is 197 g/mol. The number of aromatic nitrogens is 2. The molecule has 1 N–H and O–H groups in total. The van der Waals surface area contributed by atoms with Crippen molar-refractivity contribution in [2.45, 2.75) is 13.8 Å². The zero-order chi connectivity index (χ0) is 10.4. The Labute approximate surface area is 85.3 Å². The van der Waals surface area contributed by atoms with Crippen LogP contribution in [0.15, 0.2) is 12.4 Å². The third-order valence-electron chi connectivity index (χ3n) is 1.80. The molecule has 1 rings (SSSR count). The second kappa shape index (κ2) is 5.65. The van der Waals surface area contributed by atoms with Gasteiger partial charge in [-0.1, -0.05) is 13.8 Å². The molecule has 0 aliphatic heterocycles. The fourth-order valence-electron chi connectivity index (χ4n) is 1.09. The predicted molar refractivity (Wildman–Crippen MR) is 57.4 cm³/mol. The van der Waals surface area contributed by atoms with E-state index in [1.807, 2.05) is 17.8 Å². The molecule has 0 amide bonds. The zero-order valence-electron chi connectivity index (χ0n) is 9.16. The van der Waals surface area contributed by atoms with Gasteiger partial charge in [0.05, 0.1) is 6.61 Å². The lowest BCUT2D eigenvalue weighted by Crippen LogP contribution is -2.14. The van der Waals surface area contributed by atoms with Crippen LogP contribution in [0, 0.1) is 5.92 Å². The maximum atomic E-state index is 5.43. The minimum Gasteiger partial charge on any atom is -0.379 e. The first-order chi connectivity index (χ1) is 6.70. The maximum absolute atomic E-state index is 5.43. The molecule has 80 valence electrons. The van der Waals surface area contributed by atoms with Crippen LogP contribution in [0.1, 0.15) is 13.8 Å². The van der Waals surface area contributed by atoms with Crippen LogP contribution in [0.3, 0.4) is 0 Å². The molecule has 0 unspecified atom stereocenters. The van der Waals surface area contributed by atoms with Crippen LogP contribution in [0.25, 0.3) is 0 Å². The standard InChI is InChI=1S/C10H19N3O/c1-9(2)8-14-7-5-12-10-11-4-6-13(10)3/h4,6,9H,5,7-8H2,1-3H3,(H,11,12). The molecule has 1 aromatic heterocycles. The van der Waals surface area contributed by atoms with Crippen LogP contribution in [0.5, 0.6) is 0 Å². The van der Waals surface area contributed by atoms with Gasteiger partial charge in [0.15, 0.2) is 0 Å². The van der Waals surface area contributed by atoms with E-state index in [2.05, 4.69) is 24.1 Å². The van der Waals surface area contributed by atoms with Gasteiger partial charge in [-0.3, -0.25) is 0 Å². The lowest BCUT2D eigenvalue weighted by Gasteiger charge is -2.08. The van der Waals surface area contributed by atoms with Crippen molar-refractivity contribution in [1.82, 2.24) is 9.55 Å². The van der Waals surface area contributed by atoms with Crippen molar-refractivity contribution >= 4 is 5.95 Å². The maximum Gasteiger partial charge on any atom is 0.202 e. The number of anilines is 1. The summed E-state index contributed by atoms with van der Waals surface area (Å²) in [6.07, 6.45) is 3.69. The predicted octanol–water partition coefficient (Wildman–Crippen LogP) is 1.50. The molecule has 0 bridgehead atoms. The van der Waals surface area contributed by atoms with Gasteiger partial charge in [0, 0.05) is 32.6 Å². The van der Waals surface area contributed by atoms with E-state index in [9.17, 15) is 0 Å². The Balaban J connectivity index is 2.08. The van der Waals surface area contributed by atoms with E-state index in [4.69, 9.17) is 4.74 Å². The molecule has 14 heavy (non-hydrogen) atoms. The van der Waals surface area contributed by atoms with Gasteiger partial charge in [0.25, 0.3) is 0 Å². The van der Waals surface area contributed by atoms with Crippen molar-refractivity contribution in [3.63, 3.8) is 0 Å².